The predicted molar refractivity (Wildman–Crippen MR) is 65.4 cm³/mol. The summed E-state index contributed by atoms with van der Waals surface area (Å²) in [5.41, 5.74) is 0.203. The quantitative estimate of drug-likeness (QED) is 0.835. The molecule has 1 aliphatic rings. The normalized spacial score (nSPS) is 26.8. The van der Waals surface area contributed by atoms with Gasteiger partial charge in [-0.15, -0.1) is 0 Å². The van der Waals surface area contributed by atoms with E-state index < -0.39 is 0 Å². The van der Waals surface area contributed by atoms with Gasteiger partial charge in [-0.05, 0) is 13.3 Å². The molecule has 0 spiro atoms. The van der Waals surface area contributed by atoms with E-state index in [0.29, 0.717) is 12.1 Å². The second-order valence-electron chi connectivity index (χ2n) is 5.23. The fraction of sp³-hybridized carbons (Fsp3) is 0.833. The molecule has 17 heavy (non-hydrogen) atoms. The average Bonchev–Trinajstić information content (AvgIpc) is 2.68. The molecule has 1 heterocycles. The van der Waals surface area contributed by atoms with E-state index in [4.69, 9.17) is 4.74 Å². The molecule has 1 aromatic heterocycles. The first-order chi connectivity index (χ1) is 8.05. The third kappa shape index (κ3) is 2.35. The minimum Gasteiger partial charge on any atom is -0.378 e. The molecule has 1 saturated carbocycles. The average molecular weight is 238 g/mol. The summed E-state index contributed by atoms with van der Waals surface area (Å²) < 4.78 is 7.52. The van der Waals surface area contributed by atoms with Crippen LogP contribution in [0.3, 0.4) is 0 Å². The molecule has 0 aliphatic heterocycles. The molecular weight excluding hydrogens is 216 g/mol. The molecule has 2 atom stereocenters. The zero-order valence-electron chi connectivity index (χ0n) is 11.1. The van der Waals surface area contributed by atoms with Crippen LogP contribution in [0.2, 0.25) is 0 Å². The van der Waals surface area contributed by atoms with Gasteiger partial charge in [0.25, 0.3) is 0 Å². The first kappa shape index (κ1) is 12.5. The number of nitrogens with zero attached hydrogens (tertiary/aromatic N) is 3. The van der Waals surface area contributed by atoms with Crippen LogP contribution in [0.5, 0.6) is 0 Å². The smallest absolute Gasteiger partial charge is 0.140 e. The number of nitrogens with one attached hydrogen (secondary N) is 1. The van der Waals surface area contributed by atoms with E-state index >= 15 is 0 Å². The third-order valence-corrected chi connectivity index (χ3v) is 3.86. The summed E-state index contributed by atoms with van der Waals surface area (Å²) in [5.74, 6) is 0.973. The Morgan fingerprint density at radius 2 is 2.35 bits per heavy atom. The molecular formula is C12H22N4O. The van der Waals surface area contributed by atoms with Crippen molar-refractivity contribution in [1.29, 1.82) is 0 Å². The Hall–Kier alpha value is -0.940. The van der Waals surface area contributed by atoms with E-state index in [-0.39, 0.29) is 5.41 Å². The molecule has 5 nitrogen and oxygen atoms in total. The van der Waals surface area contributed by atoms with Gasteiger partial charge in [0.1, 0.15) is 12.2 Å². The van der Waals surface area contributed by atoms with Gasteiger partial charge in [0.15, 0.2) is 0 Å². The summed E-state index contributed by atoms with van der Waals surface area (Å²) in [5, 5.41) is 7.60. The highest BCUT2D eigenvalue weighted by atomic mass is 16.5. The number of hydrogen-bond acceptors (Lipinski definition) is 4. The molecule has 0 saturated heterocycles. The van der Waals surface area contributed by atoms with Crippen molar-refractivity contribution in [3.8, 4) is 0 Å². The minimum absolute atomic E-state index is 0.203. The maximum Gasteiger partial charge on any atom is 0.140 e. The Bertz CT molecular complexity index is 374. The Kier molecular flexibility index (Phi) is 3.49. The summed E-state index contributed by atoms with van der Waals surface area (Å²) in [6, 6.07) is 0.496. The van der Waals surface area contributed by atoms with Crippen molar-refractivity contribution in [1.82, 2.24) is 20.1 Å². The molecule has 0 aromatic carbocycles. The maximum atomic E-state index is 5.71. The van der Waals surface area contributed by atoms with E-state index in [2.05, 4.69) is 36.2 Å². The van der Waals surface area contributed by atoms with Crippen LogP contribution in [-0.2, 0) is 18.3 Å². The molecule has 0 unspecified atom stereocenters. The zero-order valence-corrected chi connectivity index (χ0v) is 11.1. The fourth-order valence-electron chi connectivity index (χ4n) is 2.41. The van der Waals surface area contributed by atoms with Crippen LogP contribution in [0.4, 0.5) is 0 Å². The standard InChI is InChI=1S/C12H22N4O/c1-5-17-10-6-9(12(10,2)3)13-7-11-14-8-15-16(11)4/h8-10,13H,5-7H2,1-4H3/t9-,10+/m0/s1. The Morgan fingerprint density at radius 3 is 2.88 bits per heavy atom. The van der Waals surface area contributed by atoms with Crippen molar-refractivity contribution >= 4 is 0 Å². The van der Waals surface area contributed by atoms with Crippen molar-refractivity contribution in [3.63, 3.8) is 0 Å². The van der Waals surface area contributed by atoms with Crippen molar-refractivity contribution in [2.45, 2.75) is 45.9 Å². The monoisotopic (exact) mass is 238 g/mol. The van der Waals surface area contributed by atoms with Crippen LogP contribution in [0.25, 0.3) is 0 Å². The minimum atomic E-state index is 0.203. The molecule has 1 aromatic rings. The largest absolute Gasteiger partial charge is 0.378 e. The Labute approximate surface area is 103 Å². The van der Waals surface area contributed by atoms with Gasteiger partial charge in [0, 0.05) is 25.1 Å². The molecule has 0 bridgehead atoms. The number of aromatic nitrogens is 3. The van der Waals surface area contributed by atoms with Gasteiger partial charge in [-0.1, -0.05) is 13.8 Å². The molecule has 2 rings (SSSR count). The maximum absolute atomic E-state index is 5.71. The highest BCUT2D eigenvalue weighted by molar-refractivity contribution is 5.03. The molecule has 1 fully saturated rings. The number of hydrogen-bond donors (Lipinski definition) is 1. The van der Waals surface area contributed by atoms with Gasteiger partial charge in [0.05, 0.1) is 12.6 Å². The predicted octanol–water partition coefficient (Wildman–Crippen LogP) is 1.11. The number of aryl methyl sites for hydroxylation is 1. The summed E-state index contributed by atoms with van der Waals surface area (Å²) in [7, 11) is 1.92. The van der Waals surface area contributed by atoms with E-state index in [1.54, 1.807) is 11.0 Å². The van der Waals surface area contributed by atoms with Crippen molar-refractivity contribution in [2.24, 2.45) is 12.5 Å². The topological polar surface area (TPSA) is 52.0 Å². The van der Waals surface area contributed by atoms with E-state index in [1.165, 1.54) is 0 Å². The third-order valence-electron chi connectivity index (χ3n) is 3.86. The van der Waals surface area contributed by atoms with Crippen LogP contribution in [0.15, 0.2) is 6.33 Å². The lowest BCUT2D eigenvalue weighted by molar-refractivity contribution is -0.114. The Morgan fingerprint density at radius 1 is 1.59 bits per heavy atom. The second kappa shape index (κ2) is 4.74. The van der Waals surface area contributed by atoms with Crippen molar-refractivity contribution < 1.29 is 4.74 Å². The van der Waals surface area contributed by atoms with Crippen molar-refractivity contribution in [2.75, 3.05) is 6.61 Å². The Balaban J connectivity index is 1.84. The van der Waals surface area contributed by atoms with Crippen LogP contribution in [0, 0.1) is 5.41 Å². The fourth-order valence-corrected chi connectivity index (χ4v) is 2.41. The van der Waals surface area contributed by atoms with Gasteiger partial charge >= 0.3 is 0 Å². The van der Waals surface area contributed by atoms with Gasteiger partial charge in [-0.25, -0.2) is 4.98 Å². The molecule has 1 N–H and O–H groups in total. The lowest BCUT2D eigenvalue weighted by Gasteiger charge is -2.51. The van der Waals surface area contributed by atoms with Crippen molar-refractivity contribution in [3.05, 3.63) is 12.2 Å². The van der Waals surface area contributed by atoms with Crippen LogP contribution >= 0.6 is 0 Å². The lowest BCUT2D eigenvalue weighted by atomic mass is 9.64. The number of rotatable bonds is 5. The van der Waals surface area contributed by atoms with Gasteiger partial charge in [-0.2, -0.15) is 5.10 Å². The van der Waals surface area contributed by atoms with Crippen LogP contribution < -0.4 is 5.32 Å². The number of ether oxygens (including phenoxy) is 1. The van der Waals surface area contributed by atoms with E-state index in [1.807, 2.05) is 7.05 Å². The highest BCUT2D eigenvalue weighted by Gasteiger charge is 2.48. The van der Waals surface area contributed by atoms with Gasteiger partial charge < -0.3 is 10.1 Å². The molecule has 1 aliphatic carbocycles. The molecule has 5 heteroatoms. The van der Waals surface area contributed by atoms with Crippen LogP contribution in [0.1, 0.15) is 33.0 Å². The van der Waals surface area contributed by atoms with Gasteiger partial charge in [0.2, 0.25) is 0 Å². The summed E-state index contributed by atoms with van der Waals surface area (Å²) in [6.45, 7) is 8.13. The summed E-state index contributed by atoms with van der Waals surface area (Å²) in [4.78, 5) is 4.21. The first-order valence-electron chi connectivity index (χ1n) is 6.23. The van der Waals surface area contributed by atoms with Gasteiger partial charge in [-0.3, -0.25) is 4.68 Å². The second-order valence-corrected chi connectivity index (χ2v) is 5.23. The molecule has 0 amide bonds. The van der Waals surface area contributed by atoms with Crippen LogP contribution in [-0.4, -0.2) is 33.5 Å². The van der Waals surface area contributed by atoms with E-state index in [9.17, 15) is 0 Å². The molecule has 96 valence electrons. The SMILES string of the molecule is CCO[C@@H]1C[C@H](NCc2ncnn2C)C1(C)C. The molecule has 0 radical (unpaired) electrons. The van der Waals surface area contributed by atoms with E-state index in [0.717, 1.165) is 25.4 Å². The summed E-state index contributed by atoms with van der Waals surface area (Å²) >= 11 is 0. The first-order valence-corrected chi connectivity index (χ1v) is 6.23. The zero-order chi connectivity index (χ0) is 12.5. The summed E-state index contributed by atoms with van der Waals surface area (Å²) in [6.07, 6.45) is 3.05. The highest BCUT2D eigenvalue weighted by Crippen LogP contribution is 2.42. The lowest BCUT2D eigenvalue weighted by Crippen LogP contribution is -2.60.